The molecule has 0 aliphatic rings. The lowest BCUT2D eigenvalue weighted by atomic mass is 10.0. The lowest BCUT2D eigenvalue weighted by Crippen LogP contribution is -2.25. The molecule has 0 spiro atoms. The summed E-state index contributed by atoms with van der Waals surface area (Å²) >= 11 is 0. The smallest absolute Gasteiger partial charge is 0.133 e. The third kappa shape index (κ3) is 2.25. The summed E-state index contributed by atoms with van der Waals surface area (Å²) in [5.41, 5.74) is 2.02. The molecular formula is C13H16FNO. The number of halogens is 1. The number of rotatable bonds is 4. The van der Waals surface area contributed by atoms with Gasteiger partial charge in [-0.05, 0) is 36.6 Å². The number of likely N-dealkylation sites (N-methyl/N-ethyl adjacent to an activating group) is 1. The predicted octanol–water partition coefficient (Wildman–Crippen LogP) is 3.57. The van der Waals surface area contributed by atoms with Crippen molar-refractivity contribution in [2.75, 3.05) is 7.05 Å². The van der Waals surface area contributed by atoms with Gasteiger partial charge in [0.2, 0.25) is 0 Å². The van der Waals surface area contributed by atoms with Gasteiger partial charge in [0.15, 0.2) is 0 Å². The number of furan rings is 1. The Kier molecular flexibility index (Phi) is 3.25. The highest BCUT2D eigenvalue weighted by Crippen LogP contribution is 2.19. The van der Waals surface area contributed by atoms with Crippen LogP contribution in [-0.2, 0) is 6.42 Å². The van der Waals surface area contributed by atoms with Crippen LogP contribution in [0.5, 0.6) is 0 Å². The molecule has 0 N–H and O–H groups in total. The maximum absolute atomic E-state index is 13.1. The van der Waals surface area contributed by atoms with Crippen LogP contribution in [-0.4, -0.2) is 18.2 Å². The molecule has 0 saturated carbocycles. The Balaban J connectivity index is 2.19. The van der Waals surface area contributed by atoms with Gasteiger partial charge in [0.25, 0.3) is 0 Å². The highest BCUT2D eigenvalue weighted by Gasteiger charge is 2.13. The molecule has 2 rings (SSSR count). The molecule has 3 heteroatoms. The van der Waals surface area contributed by atoms with E-state index in [1.165, 1.54) is 7.05 Å². The van der Waals surface area contributed by atoms with E-state index >= 15 is 0 Å². The second-order valence-electron chi connectivity index (χ2n) is 4.08. The summed E-state index contributed by atoms with van der Waals surface area (Å²) in [6, 6.07) is 7.88. The molecular weight excluding hydrogens is 205 g/mol. The first-order valence-electron chi connectivity index (χ1n) is 5.55. The summed E-state index contributed by atoms with van der Waals surface area (Å²) in [5, 5.41) is 1.87. The first-order valence-corrected chi connectivity index (χ1v) is 5.55. The van der Waals surface area contributed by atoms with Crippen molar-refractivity contribution in [2.24, 2.45) is 0 Å². The minimum atomic E-state index is -0.0515. The zero-order valence-electron chi connectivity index (χ0n) is 9.61. The van der Waals surface area contributed by atoms with Crippen LogP contribution < -0.4 is 0 Å². The lowest BCUT2D eigenvalue weighted by Gasteiger charge is -2.18. The zero-order chi connectivity index (χ0) is 11.5. The van der Waals surface area contributed by atoms with Crippen LogP contribution in [0.2, 0.25) is 0 Å². The number of hydrogen-bond acceptors (Lipinski definition) is 2. The fourth-order valence-corrected chi connectivity index (χ4v) is 1.94. The molecule has 0 aliphatic heterocycles. The SMILES string of the molecule is CCC(Cc1ccc2occc2c1)N(C)F. The first kappa shape index (κ1) is 11.1. The van der Waals surface area contributed by atoms with E-state index in [-0.39, 0.29) is 6.04 Å². The van der Waals surface area contributed by atoms with Gasteiger partial charge in [-0.1, -0.05) is 13.0 Å². The highest BCUT2D eigenvalue weighted by atomic mass is 19.2. The largest absolute Gasteiger partial charge is 0.464 e. The molecule has 1 aromatic carbocycles. The number of fused-ring (bicyclic) bond motifs is 1. The van der Waals surface area contributed by atoms with Crippen LogP contribution >= 0.6 is 0 Å². The zero-order valence-corrected chi connectivity index (χ0v) is 9.61. The van der Waals surface area contributed by atoms with Gasteiger partial charge in [0, 0.05) is 18.5 Å². The van der Waals surface area contributed by atoms with Crippen molar-refractivity contribution < 1.29 is 8.90 Å². The van der Waals surface area contributed by atoms with Crippen molar-refractivity contribution in [3.8, 4) is 0 Å². The molecule has 86 valence electrons. The van der Waals surface area contributed by atoms with Gasteiger partial charge in [0.05, 0.1) is 6.26 Å². The molecule has 0 fully saturated rings. The Morgan fingerprint density at radius 2 is 2.19 bits per heavy atom. The Hall–Kier alpha value is -1.35. The Labute approximate surface area is 94.6 Å². The summed E-state index contributed by atoms with van der Waals surface area (Å²) < 4.78 is 18.4. The molecule has 1 atom stereocenters. The molecule has 1 aromatic heterocycles. The van der Waals surface area contributed by atoms with Crippen molar-refractivity contribution in [3.63, 3.8) is 0 Å². The summed E-state index contributed by atoms with van der Waals surface area (Å²) in [5.74, 6) is 0. The van der Waals surface area contributed by atoms with Crippen molar-refractivity contribution in [3.05, 3.63) is 36.1 Å². The predicted molar refractivity (Wildman–Crippen MR) is 62.9 cm³/mol. The molecule has 0 radical (unpaired) electrons. The Bertz CT molecular complexity index is 464. The van der Waals surface area contributed by atoms with E-state index in [9.17, 15) is 4.48 Å². The van der Waals surface area contributed by atoms with Gasteiger partial charge < -0.3 is 4.42 Å². The molecule has 0 saturated heterocycles. The van der Waals surface area contributed by atoms with E-state index in [4.69, 9.17) is 4.42 Å². The minimum Gasteiger partial charge on any atom is -0.464 e. The van der Waals surface area contributed by atoms with Crippen LogP contribution in [0.25, 0.3) is 11.0 Å². The third-order valence-electron chi connectivity index (χ3n) is 2.96. The molecule has 2 nitrogen and oxygen atoms in total. The molecule has 0 bridgehead atoms. The van der Waals surface area contributed by atoms with E-state index in [1.807, 2.05) is 25.1 Å². The van der Waals surface area contributed by atoms with E-state index in [2.05, 4.69) is 6.07 Å². The fraction of sp³-hybridized carbons (Fsp3) is 0.385. The highest BCUT2D eigenvalue weighted by molar-refractivity contribution is 5.77. The van der Waals surface area contributed by atoms with Gasteiger partial charge in [0.1, 0.15) is 5.58 Å². The van der Waals surface area contributed by atoms with E-state index in [0.29, 0.717) is 0 Å². The van der Waals surface area contributed by atoms with Gasteiger partial charge in [-0.25, -0.2) is 0 Å². The summed E-state index contributed by atoms with van der Waals surface area (Å²) in [7, 11) is 1.48. The van der Waals surface area contributed by atoms with Gasteiger partial charge in [-0.2, -0.15) is 0 Å². The average Bonchev–Trinajstić information content (AvgIpc) is 2.72. The normalized spacial score (nSPS) is 13.5. The molecule has 1 heterocycles. The van der Waals surface area contributed by atoms with Gasteiger partial charge in [-0.3, -0.25) is 0 Å². The van der Waals surface area contributed by atoms with E-state index in [1.54, 1.807) is 6.26 Å². The third-order valence-corrected chi connectivity index (χ3v) is 2.96. The average molecular weight is 221 g/mol. The number of benzene rings is 1. The van der Waals surface area contributed by atoms with Crippen LogP contribution in [0.1, 0.15) is 18.9 Å². The van der Waals surface area contributed by atoms with Crippen LogP contribution in [0.3, 0.4) is 0 Å². The molecule has 2 aromatic rings. The fourth-order valence-electron chi connectivity index (χ4n) is 1.94. The quantitative estimate of drug-likeness (QED) is 0.734. The minimum absolute atomic E-state index is 0.0515. The van der Waals surface area contributed by atoms with Crippen molar-refractivity contribution in [1.29, 1.82) is 0 Å². The van der Waals surface area contributed by atoms with Crippen molar-refractivity contribution in [2.45, 2.75) is 25.8 Å². The van der Waals surface area contributed by atoms with Crippen LogP contribution in [0.4, 0.5) is 4.48 Å². The van der Waals surface area contributed by atoms with Crippen LogP contribution in [0, 0.1) is 0 Å². The number of nitrogens with zero attached hydrogens (tertiary/aromatic N) is 1. The summed E-state index contributed by atoms with van der Waals surface area (Å²) in [6.45, 7) is 2.00. The molecule has 0 aliphatic carbocycles. The topological polar surface area (TPSA) is 16.4 Å². The molecule has 16 heavy (non-hydrogen) atoms. The van der Waals surface area contributed by atoms with Crippen molar-refractivity contribution in [1.82, 2.24) is 5.12 Å². The first-order chi connectivity index (χ1) is 7.70. The van der Waals surface area contributed by atoms with Gasteiger partial charge in [-0.15, -0.1) is 9.60 Å². The number of hydrogen-bond donors (Lipinski definition) is 0. The van der Waals surface area contributed by atoms with Crippen molar-refractivity contribution >= 4 is 11.0 Å². The second-order valence-corrected chi connectivity index (χ2v) is 4.08. The van der Waals surface area contributed by atoms with E-state index < -0.39 is 0 Å². The second kappa shape index (κ2) is 4.66. The summed E-state index contributed by atoms with van der Waals surface area (Å²) in [4.78, 5) is 0. The monoisotopic (exact) mass is 221 g/mol. The standard InChI is InChI=1S/C13H16FNO/c1-3-12(15(2)14)9-10-4-5-13-11(8-10)6-7-16-13/h4-8,12H,3,9H2,1-2H3. The lowest BCUT2D eigenvalue weighted by molar-refractivity contribution is 0.00735. The molecule has 1 unspecified atom stereocenters. The Morgan fingerprint density at radius 1 is 1.38 bits per heavy atom. The maximum Gasteiger partial charge on any atom is 0.133 e. The molecule has 0 amide bonds. The van der Waals surface area contributed by atoms with Crippen LogP contribution in [0.15, 0.2) is 34.9 Å². The Morgan fingerprint density at radius 3 is 2.88 bits per heavy atom. The summed E-state index contributed by atoms with van der Waals surface area (Å²) in [6.07, 6.45) is 3.20. The van der Waals surface area contributed by atoms with E-state index in [0.717, 1.165) is 34.5 Å². The maximum atomic E-state index is 13.1. The van der Waals surface area contributed by atoms with Gasteiger partial charge >= 0.3 is 0 Å².